The fourth-order valence-electron chi connectivity index (χ4n) is 2.03. The van der Waals surface area contributed by atoms with E-state index in [-0.39, 0.29) is 5.56 Å². The smallest absolute Gasteiger partial charge is 0.267 e. The van der Waals surface area contributed by atoms with Gasteiger partial charge in [-0.15, -0.1) is 0 Å². The van der Waals surface area contributed by atoms with E-state index in [0.29, 0.717) is 6.07 Å². The van der Waals surface area contributed by atoms with Crippen molar-refractivity contribution in [2.75, 3.05) is 0 Å². The van der Waals surface area contributed by atoms with E-state index in [1.807, 2.05) is 5.43 Å². The number of amides is 1. The van der Waals surface area contributed by atoms with Gasteiger partial charge < -0.3 is 0 Å². The SMILES string of the molecule is O=C(NN=Cc1ccccc1C(F)(F)F)c1cc([N+](=O)[O-])cc([N+](=O)[O-])c1. The summed E-state index contributed by atoms with van der Waals surface area (Å²) in [5.74, 6) is -1.07. The molecule has 2 aromatic carbocycles. The van der Waals surface area contributed by atoms with Gasteiger partial charge in [0.05, 0.1) is 33.3 Å². The van der Waals surface area contributed by atoms with Crippen molar-refractivity contribution in [3.05, 3.63) is 79.4 Å². The van der Waals surface area contributed by atoms with Gasteiger partial charge in [0.2, 0.25) is 0 Å². The van der Waals surface area contributed by atoms with E-state index >= 15 is 0 Å². The highest BCUT2D eigenvalue weighted by molar-refractivity contribution is 5.96. The van der Waals surface area contributed by atoms with Crippen LogP contribution in [-0.4, -0.2) is 22.0 Å². The largest absolute Gasteiger partial charge is 0.417 e. The predicted molar refractivity (Wildman–Crippen MR) is 86.3 cm³/mol. The molecule has 0 aliphatic carbocycles. The molecule has 0 saturated carbocycles. The fraction of sp³-hybridized carbons (Fsp3) is 0.0667. The summed E-state index contributed by atoms with van der Waals surface area (Å²) in [6, 6.07) is 6.69. The summed E-state index contributed by atoms with van der Waals surface area (Å²) in [6.07, 6.45) is -3.89. The van der Waals surface area contributed by atoms with E-state index in [9.17, 15) is 38.2 Å². The monoisotopic (exact) mass is 382 g/mol. The first-order valence-corrected chi connectivity index (χ1v) is 7.03. The van der Waals surface area contributed by atoms with Gasteiger partial charge in [0.1, 0.15) is 0 Å². The summed E-state index contributed by atoms with van der Waals surface area (Å²) in [6.45, 7) is 0. The van der Waals surface area contributed by atoms with Crippen LogP contribution in [0.5, 0.6) is 0 Å². The highest BCUT2D eigenvalue weighted by Gasteiger charge is 2.32. The van der Waals surface area contributed by atoms with Crippen molar-refractivity contribution in [1.29, 1.82) is 0 Å². The van der Waals surface area contributed by atoms with E-state index in [4.69, 9.17) is 0 Å². The Labute approximate surface area is 148 Å². The molecule has 2 rings (SSSR count). The Balaban J connectivity index is 2.25. The summed E-state index contributed by atoms with van der Waals surface area (Å²) in [5.41, 5.74) is -1.26. The molecule has 0 radical (unpaired) electrons. The molecule has 0 bridgehead atoms. The number of nitrogens with zero attached hydrogens (tertiary/aromatic N) is 3. The third-order valence-corrected chi connectivity index (χ3v) is 3.22. The maximum absolute atomic E-state index is 12.9. The van der Waals surface area contributed by atoms with E-state index in [1.165, 1.54) is 12.1 Å². The predicted octanol–water partition coefficient (Wildman–Crippen LogP) is 3.29. The minimum absolute atomic E-state index is 0.324. The Morgan fingerprint density at radius 3 is 2.11 bits per heavy atom. The van der Waals surface area contributed by atoms with Gasteiger partial charge in [-0.2, -0.15) is 18.3 Å². The molecule has 27 heavy (non-hydrogen) atoms. The van der Waals surface area contributed by atoms with Gasteiger partial charge in [0.15, 0.2) is 0 Å². The van der Waals surface area contributed by atoms with Crippen LogP contribution >= 0.6 is 0 Å². The summed E-state index contributed by atoms with van der Waals surface area (Å²) >= 11 is 0. The first-order valence-electron chi connectivity index (χ1n) is 7.03. The Morgan fingerprint density at radius 1 is 1.04 bits per heavy atom. The van der Waals surface area contributed by atoms with Crippen molar-refractivity contribution in [3.63, 3.8) is 0 Å². The van der Waals surface area contributed by atoms with Crippen LogP contribution in [0.15, 0.2) is 47.6 Å². The number of carbonyl (C=O) groups excluding carboxylic acids is 1. The Morgan fingerprint density at radius 2 is 1.59 bits per heavy atom. The number of nitro benzene ring substituents is 2. The number of nitro groups is 2. The molecule has 0 aromatic heterocycles. The van der Waals surface area contributed by atoms with Gasteiger partial charge >= 0.3 is 6.18 Å². The molecule has 0 spiro atoms. The molecule has 2 aromatic rings. The van der Waals surface area contributed by atoms with Crippen LogP contribution in [0.25, 0.3) is 0 Å². The highest BCUT2D eigenvalue weighted by Crippen LogP contribution is 2.31. The molecular weight excluding hydrogens is 373 g/mol. The molecule has 0 saturated heterocycles. The van der Waals surface area contributed by atoms with E-state index in [1.54, 1.807) is 0 Å². The molecular formula is C15H9F3N4O5. The summed E-state index contributed by atoms with van der Waals surface area (Å²) in [5, 5.41) is 25.0. The third-order valence-electron chi connectivity index (χ3n) is 3.22. The van der Waals surface area contributed by atoms with E-state index in [2.05, 4.69) is 5.10 Å². The minimum atomic E-state index is -4.63. The first kappa shape index (κ1) is 19.5. The normalized spacial score (nSPS) is 11.4. The van der Waals surface area contributed by atoms with Crippen LogP contribution in [0.3, 0.4) is 0 Å². The molecule has 1 amide bonds. The molecule has 1 N–H and O–H groups in total. The van der Waals surface area contributed by atoms with E-state index < -0.39 is 44.4 Å². The number of rotatable bonds is 5. The molecule has 12 heteroatoms. The van der Waals surface area contributed by atoms with Crippen molar-refractivity contribution in [2.45, 2.75) is 6.18 Å². The lowest BCUT2D eigenvalue weighted by atomic mass is 10.1. The van der Waals surface area contributed by atoms with Crippen molar-refractivity contribution < 1.29 is 27.8 Å². The lowest BCUT2D eigenvalue weighted by Crippen LogP contribution is -2.18. The van der Waals surface area contributed by atoms with E-state index in [0.717, 1.165) is 30.5 Å². The summed E-state index contributed by atoms with van der Waals surface area (Å²) in [7, 11) is 0. The minimum Gasteiger partial charge on any atom is -0.267 e. The van der Waals surface area contributed by atoms with Gasteiger partial charge in [-0.1, -0.05) is 18.2 Å². The summed E-state index contributed by atoms with van der Waals surface area (Å²) < 4.78 is 38.6. The topological polar surface area (TPSA) is 128 Å². The van der Waals surface area contributed by atoms with Gasteiger partial charge in [-0.05, 0) is 6.07 Å². The summed E-state index contributed by atoms with van der Waals surface area (Å²) in [4.78, 5) is 31.7. The van der Waals surface area contributed by atoms with Gasteiger partial charge in [-0.3, -0.25) is 25.0 Å². The first-order chi connectivity index (χ1) is 12.6. The lowest BCUT2D eigenvalue weighted by molar-refractivity contribution is -0.394. The number of nitrogens with one attached hydrogen (secondary N) is 1. The Bertz CT molecular complexity index is 911. The molecule has 0 aliphatic heterocycles. The number of non-ortho nitro benzene ring substituents is 2. The zero-order valence-electron chi connectivity index (χ0n) is 13.1. The quantitative estimate of drug-likeness (QED) is 0.482. The van der Waals surface area contributed by atoms with Crippen molar-refractivity contribution in [2.24, 2.45) is 5.10 Å². The van der Waals surface area contributed by atoms with Crippen molar-refractivity contribution in [3.8, 4) is 0 Å². The fourth-order valence-corrected chi connectivity index (χ4v) is 2.03. The molecule has 0 atom stereocenters. The average Bonchev–Trinajstić information content (AvgIpc) is 2.60. The zero-order valence-corrected chi connectivity index (χ0v) is 13.1. The standard InChI is InChI=1S/C15H9F3N4O5/c16-15(17,18)13-4-2-1-3-9(13)8-19-20-14(23)10-5-11(21(24)25)7-12(6-10)22(26)27/h1-8H,(H,20,23). The number of alkyl halides is 3. The van der Waals surface area contributed by atoms with Crippen LogP contribution in [-0.2, 0) is 6.18 Å². The van der Waals surface area contributed by atoms with Crippen LogP contribution < -0.4 is 5.43 Å². The van der Waals surface area contributed by atoms with Gasteiger partial charge in [0, 0.05) is 17.7 Å². The second-order valence-corrected chi connectivity index (χ2v) is 5.04. The number of benzene rings is 2. The Hall–Kier alpha value is -3.83. The van der Waals surface area contributed by atoms with Crippen molar-refractivity contribution in [1.82, 2.24) is 5.43 Å². The van der Waals surface area contributed by atoms with Crippen LogP contribution in [0.1, 0.15) is 21.5 Å². The molecule has 140 valence electrons. The number of hydrazone groups is 1. The number of hydrogen-bond acceptors (Lipinski definition) is 6. The third kappa shape index (κ3) is 4.84. The highest BCUT2D eigenvalue weighted by atomic mass is 19.4. The van der Waals surface area contributed by atoms with Crippen LogP contribution in [0.2, 0.25) is 0 Å². The molecule has 0 unspecified atom stereocenters. The van der Waals surface area contributed by atoms with Gasteiger partial charge in [0.25, 0.3) is 17.3 Å². The molecule has 0 aliphatic rings. The van der Waals surface area contributed by atoms with Crippen LogP contribution in [0.4, 0.5) is 24.5 Å². The van der Waals surface area contributed by atoms with Crippen LogP contribution in [0, 0.1) is 20.2 Å². The van der Waals surface area contributed by atoms with Crippen molar-refractivity contribution >= 4 is 23.5 Å². The van der Waals surface area contributed by atoms with Gasteiger partial charge in [-0.25, -0.2) is 5.43 Å². The number of carbonyl (C=O) groups is 1. The maximum Gasteiger partial charge on any atom is 0.417 e. The molecule has 9 nitrogen and oxygen atoms in total. The molecule has 0 fully saturated rings. The molecule has 0 heterocycles. The number of halogens is 3. The zero-order chi connectivity index (χ0) is 20.2. The second kappa shape index (κ2) is 7.59. The number of hydrogen-bond donors (Lipinski definition) is 1. The lowest BCUT2D eigenvalue weighted by Gasteiger charge is -2.09. The second-order valence-electron chi connectivity index (χ2n) is 5.04. The average molecular weight is 382 g/mol. The maximum atomic E-state index is 12.9. The Kier molecular flexibility index (Phi) is 5.48.